The molecule has 4 rings (SSSR count). The van der Waals surface area contributed by atoms with Crippen molar-refractivity contribution < 1.29 is 22.9 Å². The molecule has 0 spiro atoms. The second-order valence-corrected chi connectivity index (χ2v) is 8.61. The third kappa shape index (κ3) is 3.68. The zero-order valence-electron chi connectivity index (χ0n) is 16.5. The lowest BCUT2D eigenvalue weighted by Gasteiger charge is -2.16. The molecule has 1 amide bonds. The maximum Gasteiger partial charge on any atom is 0.270 e. The predicted molar refractivity (Wildman–Crippen MR) is 114 cm³/mol. The van der Waals surface area contributed by atoms with Crippen LogP contribution in [0.4, 0.5) is 17.1 Å². The van der Waals surface area contributed by atoms with E-state index in [1.807, 2.05) is 0 Å². The van der Waals surface area contributed by atoms with E-state index < -0.39 is 14.9 Å². The summed E-state index contributed by atoms with van der Waals surface area (Å²) >= 11 is 0. The Morgan fingerprint density at radius 1 is 1.03 bits per heavy atom. The van der Waals surface area contributed by atoms with Crippen molar-refractivity contribution in [2.75, 3.05) is 16.7 Å². The summed E-state index contributed by atoms with van der Waals surface area (Å²) in [4.78, 5) is 24.5. The monoisotopic (exact) mass is 439 g/mol. The molecule has 0 aliphatic carbocycles. The van der Waals surface area contributed by atoms with Crippen LogP contribution in [0, 0.1) is 17.0 Å². The van der Waals surface area contributed by atoms with Crippen molar-refractivity contribution in [2.24, 2.45) is 0 Å². The first-order valence-corrected chi connectivity index (χ1v) is 10.6. The average molecular weight is 439 g/mol. The van der Waals surface area contributed by atoms with Gasteiger partial charge in [0.2, 0.25) is 0 Å². The van der Waals surface area contributed by atoms with Crippen LogP contribution in [0.1, 0.15) is 15.9 Å². The van der Waals surface area contributed by atoms with E-state index in [1.165, 1.54) is 35.2 Å². The number of carbonyl (C=O) groups is 1. The van der Waals surface area contributed by atoms with Crippen molar-refractivity contribution in [3.8, 4) is 11.5 Å². The van der Waals surface area contributed by atoms with Crippen LogP contribution < -0.4 is 14.4 Å². The molecule has 0 atom stereocenters. The van der Waals surface area contributed by atoms with Crippen LogP contribution in [0.25, 0.3) is 0 Å². The number of amides is 1. The first kappa shape index (κ1) is 20.4. The van der Waals surface area contributed by atoms with Gasteiger partial charge in [-0.05, 0) is 42.8 Å². The highest BCUT2D eigenvalue weighted by molar-refractivity contribution is 7.92. The molecule has 0 saturated carbocycles. The third-order valence-electron chi connectivity index (χ3n) is 4.89. The van der Waals surface area contributed by atoms with E-state index in [-0.39, 0.29) is 33.5 Å². The number of aryl methyl sites for hydroxylation is 1. The average Bonchev–Trinajstić information content (AvgIpc) is 2.83. The molecule has 0 aromatic heterocycles. The van der Waals surface area contributed by atoms with Gasteiger partial charge in [-0.25, -0.2) is 8.42 Å². The second-order valence-electron chi connectivity index (χ2n) is 6.96. The van der Waals surface area contributed by atoms with Gasteiger partial charge in [0.25, 0.3) is 21.6 Å². The number of para-hydroxylation sites is 2. The zero-order chi connectivity index (χ0) is 22.3. The molecule has 10 heteroatoms. The SMILES string of the molecule is Cc1ccc([N+](=O)[O-])cc1S(=O)(=O)Nc1ccc2c(c1)C(=O)N(C)c1ccccc1O2. The van der Waals surface area contributed by atoms with Crippen molar-refractivity contribution in [3.05, 3.63) is 81.9 Å². The van der Waals surface area contributed by atoms with Gasteiger partial charge in [0.15, 0.2) is 5.75 Å². The van der Waals surface area contributed by atoms with Gasteiger partial charge >= 0.3 is 0 Å². The lowest BCUT2D eigenvalue weighted by atomic mass is 10.1. The van der Waals surface area contributed by atoms with Crippen molar-refractivity contribution in [3.63, 3.8) is 0 Å². The lowest BCUT2D eigenvalue weighted by Crippen LogP contribution is -2.25. The Morgan fingerprint density at radius 3 is 2.52 bits per heavy atom. The van der Waals surface area contributed by atoms with Gasteiger partial charge in [-0.1, -0.05) is 18.2 Å². The summed E-state index contributed by atoms with van der Waals surface area (Å²) in [5.41, 5.74) is 0.895. The Hall–Kier alpha value is -3.92. The number of fused-ring (bicyclic) bond motifs is 2. The number of ether oxygens (including phenoxy) is 1. The smallest absolute Gasteiger partial charge is 0.270 e. The number of nitro groups is 1. The number of benzene rings is 3. The van der Waals surface area contributed by atoms with Crippen LogP contribution in [-0.2, 0) is 10.0 Å². The normalized spacial score (nSPS) is 13.0. The van der Waals surface area contributed by atoms with Gasteiger partial charge in [-0.2, -0.15) is 0 Å². The lowest BCUT2D eigenvalue weighted by molar-refractivity contribution is -0.385. The van der Waals surface area contributed by atoms with Crippen LogP contribution >= 0.6 is 0 Å². The molecule has 0 fully saturated rings. The molecule has 1 N–H and O–H groups in total. The molecular weight excluding hydrogens is 422 g/mol. The number of carbonyl (C=O) groups excluding carboxylic acids is 1. The molecule has 0 unspecified atom stereocenters. The fraction of sp³-hybridized carbons (Fsp3) is 0.0952. The Balaban J connectivity index is 1.72. The van der Waals surface area contributed by atoms with Crippen LogP contribution in [0.15, 0.2) is 65.6 Å². The highest BCUT2D eigenvalue weighted by Crippen LogP contribution is 2.39. The Kier molecular flexibility index (Phi) is 4.86. The van der Waals surface area contributed by atoms with Crippen LogP contribution in [0.2, 0.25) is 0 Å². The van der Waals surface area contributed by atoms with E-state index in [9.17, 15) is 23.3 Å². The van der Waals surface area contributed by atoms with Gasteiger partial charge in [0, 0.05) is 24.9 Å². The van der Waals surface area contributed by atoms with Crippen molar-refractivity contribution in [1.82, 2.24) is 0 Å². The number of nitro benzene ring substituents is 1. The van der Waals surface area contributed by atoms with Gasteiger partial charge in [0.1, 0.15) is 5.75 Å². The van der Waals surface area contributed by atoms with E-state index in [0.29, 0.717) is 17.0 Å². The van der Waals surface area contributed by atoms with E-state index >= 15 is 0 Å². The van der Waals surface area contributed by atoms with Crippen LogP contribution in [0.3, 0.4) is 0 Å². The minimum atomic E-state index is -4.14. The summed E-state index contributed by atoms with van der Waals surface area (Å²) in [7, 11) is -2.54. The molecule has 3 aromatic rings. The first-order valence-electron chi connectivity index (χ1n) is 9.14. The van der Waals surface area contributed by atoms with Crippen molar-refractivity contribution in [1.29, 1.82) is 0 Å². The van der Waals surface area contributed by atoms with Crippen molar-refractivity contribution in [2.45, 2.75) is 11.8 Å². The van der Waals surface area contributed by atoms with Crippen molar-refractivity contribution >= 4 is 33.0 Å². The highest BCUT2D eigenvalue weighted by Gasteiger charge is 2.27. The third-order valence-corrected chi connectivity index (χ3v) is 6.41. The number of hydrogen-bond donors (Lipinski definition) is 1. The van der Waals surface area contributed by atoms with Gasteiger partial charge in [-0.3, -0.25) is 19.6 Å². The first-order chi connectivity index (χ1) is 14.7. The topological polar surface area (TPSA) is 119 Å². The largest absolute Gasteiger partial charge is 0.454 e. The molecule has 1 heterocycles. The second kappa shape index (κ2) is 7.40. The number of anilines is 2. The number of sulfonamides is 1. The summed E-state index contributed by atoms with van der Waals surface area (Å²) in [6, 6.07) is 15.0. The van der Waals surface area contributed by atoms with Gasteiger partial charge < -0.3 is 9.64 Å². The number of non-ortho nitro benzene ring substituents is 1. The number of nitrogens with one attached hydrogen (secondary N) is 1. The summed E-state index contributed by atoms with van der Waals surface area (Å²) < 4.78 is 34.0. The molecule has 9 nitrogen and oxygen atoms in total. The molecule has 3 aromatic carbocycles. The minimum Gasteiger partial charge on any atom is -0.454 e. The number of nitrogens with zero attached hydrogens (tertiary/aromatic N) is 2. The summed E-state index contributed by atoms with van der Waals surface area (Å²) in [5.74, 6) is 0.418. The molecular formula is C21H17N3O6S. The fourth-order valence-electron chi connectivity index (χ4n) is 3.28. The van der Waals surface area contributed by atoms with Gasteiger partial charge in [0.05, 0.1) is 21.1 Å². The quantitative estimate of drug-likeness (QED) is 0.483. The fourth-order valence-corrected chi connectivity index (χ4v) is 4.60. The molecule has 0 bridgehead atoms. The van der Waals surface area contributed by atoms with E-state index in [4.69, 9.17) is 4.74 Å². The molecule has 0 saturated heterocycles. The highest BCUT2D eigenvalue weighted by atomic mass is 32.2. The maximum atomic E-state index is 13.0. The van der Waals surface area contributed by atoms with Crippen LogP contribution in [0.5, 0.6) is 11.5 Å². The Bertz CT molecular complexity index is 1340. The maximum absolute atomic E-state index is 13.0. The van der Waals surface area contributed by atoms with E-state index in [0.717, 1.165) is 6.07 Å². The Morgan fingerprint density at radius 2 is 1.77 bits per heavy atom. The molecule has 158 valence electrons. The van der Waals surface area contributed by atoms with Crippen LogP contribution in [-0.4, -0.2) is 26.3 Å². The summed E-state index contributed by atoms with van der Waals surface area (Å²) in [6.45, 7) is 1.54. The van der Waals surface area contributed by atoms with E-state index in [2.05, 4.69) is 4.72 Å². The predicted octanol–water partition coefficient (Wildman–Crippen LogP) is 4.09. The standard InChI is InChI=1S/C21H17N3O6S/c1-13-7-9-15(24(26)27)12-20(13)31(28,29)22-14-8-10-18-16(11-14)21(25)23(2)17-5-3-4-6-19(17)30-18/h3-12,22H,1-2H3. The minimum absolute atomic E-state index is 0.126. The summed E-state index contributed by atoms with van der Waals surface area (Å²) in [5, 5.41) is 11.0. The zero-order valence-corrected chi connectivity index (χ0v) is 17.3. The number of hydrogen-bond acceptors (Lipinski definition) is 6. The molecule has 1 aliphatic heterocycles. The molecule has 0 radical (unpaired) electrons. The van der Waals surface area contributed by atoms with Gasteiger partial charge in [-0.15, -0.1) is 0 Å². The molecule has 1 aliphatic rings. The molecule has 31 heavy (non-hydrogen) atoms. The summed E-state index contributed by atoms with van der Waals surface area (Å²) in [6.07, 6.45) is 0. The number of rotatable bonds is 4. The Labute approximate surface area is 178 Å². The van der Waals surface area contributed by atoms with E-state index in [1.54, 1.807) is 38.2 Å².